The summed E-state index contributed by atoms with van der Waals surface area (Å²) in [6.07, 6.45) is 4.11. The van der Waals surface area contributed by atoms with Crippen molar-refractivity contribution in [3.05, 3.63) is 35.4 Å². The van der Waals surface area contributed by atoms with Crippen LogP contribution in [-0.4, -0.2) is 42.3 Å². The summed E-state index contributed by atoms with van der Waals surface area (Å²) in [5.74, 6) is 0.838. The Kier molecular flexibility index (Phi) is 7.51. The lowest BCUT2D eigenvalue weighted by Gasteiger charge is -2.30. The van der Waals surface area contributed by atoms with E-state index in [1.165, 1.54) is 12.1 Å². The number of rotatable bonds is 8. The summed E-state index contributed by atoms with van der Waals surface area (Å²) < 4.78 is 25.2. The minimum atomic E-state index is -0.563. The number of anilines is 1. The van der Waals surface area contributed by atoms with Crippen LogP contribution in [0.4, 0.5) is 10.4 Å². The van der Waals surface area contributed by atoms with Crippen LogP contribution in [0.15, 0.2) is 22.7 Å². The maximum atomic E-state index is 14.1. The normalized spacial score (nSPS) is 15.2. The van der Waals surface area contributed by atoms with Crippen molar-refractivity contribution >= 4 is 11.9 Å². The van der Waals surface area contributed by atoms with E-state index in [9.17, 15) is 9.18 Å². The van der Waals surface area contributed by atoms with Gasteiger partial charge in [-0.25, -0.2) is 4.39 Å². The van der Waals surface area contributed by atoms with E-state index in [1.54, 1.807) is 13.0 Å². The fourth-order valence-electron chi connectivity index (χ4n) is 3.65. The Balaban J connectivity index is 1.38. The Labute approximate surface area is 183 Å². The standard InChI is InChI=1S/C23H33FN4O3/c1-5-25-20(29)18-9-8-17(15-19(18)24)30-14-6-7-16-10-12-28(13-11-16)22-26-21(27-31-22)23(2,3)4/h8-9,15-16H,5-7,10-14H2,1-4H3,(H,25,29). The lowest BCUT2D eigenvalue weighted by atomic mass is 9.92. The summed E-state index contributed by atoms with van der Waals surface area (Å²) in [5, 5.41) is 6.70. The Morgan fingerprint density at radius 2 is 2.06 bits per heavy atom. The third-order valence-corrected chi connectivity index (χ3v) is 5.52. The number of hydrogen-bond donors (Lipinski definition) is 1. The minimum Gasteiger partial charge on any atom is -0.493 e. The van der Waals surface area contributed by atoms with E-state index in [1.807, 2.05) is 0 Å². The van der Waals surface area contributed by atoms with Crippen molar-refractivity contribution in [1.82, 2.24) is 15.5 Å². The van der Waals surface area contributed by atoms with E-state index in [4.69, 9.17) is 9.26 Å². The van der Waals surface area contributed by atoms with Crippen molar-refractivity contribution in [3.8, 4) is 5.75 Å². The minimum absolute atomic E-state index is 0.0387. The first-order valence-corrected chi connectivity index (χ1v) is 11.1. The van der Waals surface area contributed by atoms with Crippen LogP contribution in [0.5, 0.6) is 5.75 Å². The van der Waals surface area contributed by atoms with E-state index < -0.39 is 11.7 Å². The topological polar surface area (TPSA) is 80.5 Å². The van der Waals surface area contributed by atoms with Gasteiger partial charge in [0.1, 0.15) is 11.6 Å². The molecule has 0 saturated carbocycles. The Morgan fingerprint density at radius 1 is 1.32 bits per heavy atom. The van der Waals surface area contributed by atoms with Crippen molar-refractivity contribution < 1.29 is 18.4 Å². The maximum absolute atomic E-state index is 14.1. The molecule has 3 rings (SSSR count). The van der Waals surface area contributed by atoms with E-state index in [-0.39, 0.29) is 11.0 Å². The largest absolute Gasteiger partial charge is 0.493 e. The number of piperidine rings is 1. The predicted molar refractivity (Wildman–Crippen MR) is 117 cm³/mol. The van der Waals surface area contributed by atoms with Crippen molar-refractivity contribution in [2.24, 2.45) is 5.92 Å². The van der Waals surface area contributed by atoms with Crippen LogP contribution in [0.3, 0.4) is 0 Å². The third-order valence-electron chi connectivity index (χ3n) is 5.52. The van der Waals surface area contributed by atoms with Crippen LogP contribution in [0.25, 0.3) is 0 Å². The molecular formula is C23H33FN4O3. The van der Waals surface area contributed by atoms with Gasteiger partial charge in [0.2, 0.25) is 0 Å². The molecule has 31 heavy (non-hydrogen) atoms. The number of carbonyl (C=O) groups is 1. The van der Waals surface area contributed by atoms with E-state index in [0.29, 0.717) is 30.8 Å². The second kappa shape index (κ2) is 10.1. The van der Waals surface area contributed by atoms with Crippen LogP contribution in [0, 0.1) is 11.7 Å². The molecule has 0 spiro atoms. The molecule has 0 atom stereocenters. The zero-order valence-electron chi connectivity index (χ0n) is 18.9. The van der Waals surface area contributed by atoms with Crippen LogP contribution in [0.2, 0.25) is 0 Å². The highest BCUT2D eigenvalue weighted by atomic mass is 19.1. The average molecular weight is 433 g/mol. The molecule has 0 aliphatic carbocycles. The summed E-state index contributed by atoms with van der Waals surface area (Å²) in [7, 11) is 0. The molecule has 2 aromatic rings. The molecule has 1 saturated heterocycles. The van der Waals surface area contributed by atoms with Crippen molar-refractivity contribution in [1.29, 1.82) is 0 Å². The molecule has 1 aromatic heterocycles. The van der Waals surface area contributed by atoms with Crippen molar-refractivity contribution in [2.45, 2.75) is 58.8 Å². The molecule has 0 radical (unpaired) electrons. The zero-order valence-corrected chi connectivity index (χ0v) is 18.9. The highest BCUT2D eigenvalue weighted by Crippen LogP contribution is 2.27. The van der Waals surface area contributed by atoms with Gasteiger partial charge in [0, 0.05) is 31.1 Å². The van der Waals surface area contributed by atoms with Gasteiger partial charge >= 0.3 is 6.01 Å². The molecule has 7 nitrogen and oxygen atoms in total. The first-order valence-electron chi connectivity index (χ1n) is 11.1. The quantitative estimate of drug-likeness (QED) is 0.626. The summed E-state index contributed by atoms with van der Waals surface area (Å²) >= 11 is 0. The van der Waals surface area contributed by atoms with Crippen molar-refractivity contribution in [2.75, 3.05) is 31.1 Å². The number of benzene rings is 1. The van der Waals surface area contributed by atoms with Crippen LogP contribution in [-0.2, 0) is 5.41 Å². The molecule has 1 amide bonds. The predicted octanol–water partition coefficient (Wildman–Crippen LogP) is 4.33. The number of nitrogens with one attached hydrogen (secondary N) is 1. The maximum Gasteiger partial charge on any atom is 0.324 e. The van der Waals surface area contributed by atoms with E-state index in [0.717, 1.165) is 44.6 Å². The number of amides is 1. The highest BCUT2D eigenvalue weighted by molar-refractivity contribution is 5.94. The van der Waals surface area contributed by atoms with Gasteiger partial charge in [0.05, 0.1) is 12.2 Å². The lowest BCUT2D eigenvalue weighted by molar-refractivity contribution is 0.0951. The number of carbonyl (C=O) groups excluding carboxylic acids is 1. The molecule has 2 heterocycles. The van der Waals surface area contributed by atoms with Gasteiger partial charge in [0.15, 0.2) is 5.82 Å². The van der Waals surface area contributed by atoms with Gasteiger partial charge in [-0.05, 0) is 50.7 Å². The van der Waals surface area contributed by atoms with Crippen molar-refractivity contribution in [3.63, 3.8) is 0 Å². The van der Waals surface area contributed by atoms with E-state index >= 15 is 0 Å². The van der Waals surface area contributed by atoms with Crippen LogP contribution in [0.1, 0.15) is 69.6 Å². The van der Waals surface area contributed by atoms with Gasteiger partial charge in [-0.1, -0.05) is 25.9 Å². The first kappa shape index (κ1) is 23.0. The second-order valence-corrected chi connectivity index (χ2v) is 9.07. The van der Waals surface area contributed by atoms with E-state index in [2.05, 4.69) is 41.1 Å². The van der Waals surface area contributed by atoms with Gasteiger partial charge in [-0.2, -0.15) is 4.98 Å². The molecule has 1 aliphatic rings. The third kappa shape index (κ3) is 6.18. The van der Waals surface area contributed by atoms with Crippen LogP contribution < -0.4 is 15.0 Å². The first-order chi connectivity index (χ1) is 14.8. The number of nitrogens with zero attached hydrogens (tertiary/aromatic N) is 3. The summed E-state index contributed by atoms with van der Waals surface area (Å²) in [4.78, 5) is 18.5. The van der Waals surface area contributed by atoms with Gasteiger partial charge in [0.25, 0.3) is 5.91 Å². The zero-order chi connectivity index (χ0) is 22.4. The Bertz CT molecular complexity index is 870. The van der Waals surface area contributed by atoms with Crippen LogP contribution >= 0.6 is 0 Å². The molecule has 1 aromatic carbocycles. The Morgan fingerprint density at radius 3 is 2.68 bits per heavy atom. The molecule has 0 unspecified atom stereocenters. The smallest absolute Gasteiger partial charge is 0.324 e. The Hall–Kier alpha value is -2.64. The number of ether oxygens (including phenoxy) is 1. The molecule has 1 N–H and O–H groups in total. The molecule has 0 bridgehead atoms. The van der Waals surface area contributed by atoms with Gasteiger partial charge in [-0.3, -0.25) is 4.79 Å². The molecule has 1 aliphatic heterocycles. The lowest BCUT2D eigenvalue weighted by Crippen LogP contribution is -2.34. The summed E-state index contributed by atoms with van der Waals surface area (Å²) in [6.45, 7) is 10.8. The van der Waals surface area contributed by atoms with Gasteiger partial charge in [-0.15, -0.1) is 0 Å². The number of halogens is 1. The second-order valence-electron chi connectivity index (χ2n) is 9.07. The molecule has 170 valence electrons. The highest BCUT2D eigenvalue weighted by Gasteiger charge is 2.26. The number of hydrogen-bond acceptors (Lipinski definition) is 6. The molecule has 1 fully saturated rings. The van der Waals surface area contributed by atoms with Gasteiger partial charge < -0.3 is 19.5 Å². The fourth-order valence-corrected chi connectivity index (χ4v) is 3.65. The monoisotopic (exact) mass is 432 g/mol. The summed E-state index contributed by atoms with van der Waals surface area (Å²) in [5.41, 5.74) is -0.0811. The molecule has 8 heteroatoms. The summed E-state index contributed by atoms with van der Waals surface area (Å²) in [6, 6.07) is 5.00. The average Bonchev–Trinajstić information content (AvgIpc) is 3.23. The SMILES string of the molecule is CCNC(=O)c1ccc(OCCCC2CCN(c3nc(C(C)(C)C)no3)CC2)cc1F. The molecular weight excluding hydrogens is 399 g/mol. The fraction of sp³-hybridized carbons (Fsp3) is 0.609. The number of aromatic nitrogens is 2.